The zero-order valence-electron chi connectivity index (χ0n) is 17.6. The highest BCUT2D eigenvalue weighted by Crippen LogP contribution is 2.45. The number of hydrogen-bond donors (Lipinski definition) is 0. The van der Waals surface area contributed by atoms with Crippen LogP contribution in [0.3, 0.4) is 0 Å². The molecule has 2 aromatic carbocycles. The minimum atomic E-state index is -0.173. The highest BCUT2D eigenvalue weighted by atomic mass is 16.2. The van der Waals surface area contributed by atoms with Gasteiger partial charge in [0.1, 0.15) is 0 Å². The molecule has 1 spiro atoms. The van der Waals surface area contributed by atoms with Crippen LogP contribution in [0.25, 0.3) is 16.6 Å². The first-order chi connectivity index (χ1) is 15.7. The third-order valence-corrected chi connectivity index (χ3v) is 6.47. The molecule has 8 heteroatoms. The lowest BCUT2D eigenvalue weighted by Crippen LogP contribution is -2.47. The molecule has 0 atom stereocenters. The third kappa shape index (κ3) is 3.19. The van der Waals surface area contributed by atoms with Crippen LogP contribution in [0.2, 0.25) is 0 Å². The van der Waals surface area contributed by atoms with Gasteiger partial charge in [0.25, 0.3) is 5.91 Å². The van der Waals surface area contributed by atoms with Crippen molar-refractivity contribution in [1.29, 1.82) is 0 Å². The molecule has 32 heavy (non-hydrogen) atoms. The first-order valence-corrected chi connectivity index (χ1v) is 11.0. The van der Waals surface area contributed by atoms with E-state index in [4.69, 9.17) is 4.98 Å². The first kappa shape index (κ1) is 18.9. The maximum atomic E-state index is 13.7. The smallest absolute Gasteiger partial charge is 0.256 e. The van der Waals surface area contributed by atoms with Crippen molar-refractivity contribution in [3.8, 4) is 5.69 Å². The largest absolute Gasteiger partial charge is 0.338 e. The Balaban J connectivity index is 1.31. The van der Waals surface area contributed by atoms with E-state index in [1.165, 1.54) is 4.80 Å². The minimum Gasteiger partial charge on any atom is -0.338 e. The lowest BCUT2D eigenvalue weighted by molar-refractivity contribution is 0.0669. The molecule has 1 saturated carbocycles. The fourth-order valence-corrected chi connectivity index (χ4v) is 4.67. The molecule has 2 fully saturated rings. The van der Waals surface area contributed by atoms with Crippen molar-refractivity contribution in [1.82, 2.24) is 29.9 Å². The highest BCUT2D eigenvalue weighted by molar-refractivity contribution is 5.98. The van der Waals surface area contributed by atoms with Crippen molar-refractivity contribution in [2.24, 2.45) is 0 Å². The van der Waals surface area contributed by atoms with E-state index >= 15 is 0 Å². The molecule has 3 heterocycles. The number of fused-ring (bicyclic) bond motifs is 1. The summed E-state index contributed by atoms with van der Waals surface area (Å²) in [7, 11) is 0. The van der Waals surface area contributed by atoms with Crippen LogP contribution in [-0.4, -0.2) is 60.9 Å². The number of amides is 1. The molecule has 0 unspecified atom stereocenters. The molecule has 160 valence electrons. The molecule has 4 aromatic rings. The Morgan fingerprint density at radius 3 is 2.56 bits per heavy atom. The Bertz CT molecular complexity index is 1280. The van der Waals surface area contributed by atoms with Crippen molar-refractivity contribution in [3.63, 3.8) is 0 Å². The summed E-state index contributed by atoms with van der Waals surface area (Å²) in [4.78, 5) is 29.0. The van der Waals surface area contributed by atoms with Crippen LogP contribution in [-0.2, 0) is 0 Å². The van der Waals surface area contributed by atoms with Gasteiger partial charge in [-0.3, -0.25) is 4.79 Å². The van der Waals surface area contributed by atoms with Gasteiger partial charge >= 0.3 is 0 Å². The zero-order chi connectivity index (χ0) is 21.5. The minimum absolute atomic E-state index is 0.0386. The highest BCUT2D eigenvalue weighted by Gasteiger charge is 2.52. The number of aromatic nitrogens is 5. The predicted molar refractivity (Wildman–Crippen MR) is 121 cm³/mol. The lowest BCUT2D eigenvalue weighted by atomic mass is 10.1. The molecule has 6 rings (SSSR count). The normalized spacial score (nSPS) is 17.5. The Labute approximate surface area is 185 Å². The molecule has 1 aliphatic heterocycles. The Hall–Kier alpha value is -3.81. The number of benzene rings is 2. The van der Waals surface area contributed by atoms with E-state index in [1.807, 2.05) is 54.7 Å². The fourth-order valence-electron chi connectivity index (χ4n) is 4.67. The van der Waals surface area contributed by atoms with Gasteiger partial charge in [-0.1, -0.05) is 30.3 Å². The van der Waals surface area contributed by atoms with Crippen LogP contribution >= 0.6 is 0 Å². The molecule has 8 nitrogen and oxygen atoms in total. The number of carbonyl (C=O) groups excluding carboxylic acids is 1. The van der Waals surface area contributed by atoms with Gasteiger partial charge in [0.2, 0.25) is 5.95 Å². The van der Waals surface area contributed by atoms with Gasteiger partial charge < -0.3 is 9.80 Å². The van der Waals surface area contributed by atoms with Gasteiger partial charge in [0.05, 0.1) is 34.7 Å². The summed E-state index contributed by atoms with van der Waals surface area (Å²) in [6.45, 7) is 2.29. The van der Waals surface area contributed by atoms with Gasteiger partial charge in [-0.25, -0.2) is 9.97 Å². The number of carbonyl (C=O) groups is 1. The number of para-hydroxylation sites is 2. The summed E-state index contributed by atoms with van der Waals surface area (Å²) in [5, 5.41) is 9.50. The predicted octanol–water partition coefficient (Wildman–Crippen LogP) is 3.10. The summed E-state index contributed by atoms with van der Waals surface area (Å²) in [5.74, 6) is 0.780. The summed E-state index contributed by atoms with van der Waals surface area (Å²) in [6, 6.07) is 15.6. The van der Waals surface area contributed by atoms with E-state index in [0.29, 0.717) is 17.8 Å². The summed E-state index contributed by atoms with van der Waals surface area (Å²) in [5.41, 5.74) is 2.11. The molecule has 2 aromatic heterocycles. The zero-order valence-corrected chi connectivity index (χ0v) is 17.6. The van der Waals surface area contributed by atoms with E-state index < -0.39 is 0 Å². The third-order valence-electron chi connectivity index (χ3n) is 6.47. The fraction of sp³-hybridized carbons (Fsp3) is 0.292. The lowest BCUT2D eigenvalue weighted by Gasteiger charge is -2.32. The maximum Gasteiger partial charge on any atom is 0.256 e. The van der Waals surface area contributed by atoms with Crippen LogP contribution in [0.5, 0.6) is 0 Å². The van der Waals surface area contributed by atoms with Gasteiger partial charge in [0.15, 0.2) is 0 Å². The maximum absolute atomic E-state index is 13.7. The van der Waals surface area contributed by atoms with Crippen LogP contribution in [0, 0.1) is 0 Å². The quantitative estimate of drug-likeness (QED) is 0.502. The second kappa shape index (κ2) is 7.40. The van der Waals surface area contributed by atoms with Crippen molar-refractivity contribution >= 4 is 22.8 Å². The number of hydrogen-bond acceptors (Lipinski definition) is 6. The standard InChI is InChI=1S/C24H23N7O/c32-22(19-7-2-4-9-21(19)31-26-12-13-27-31)30-15-5-14-29(17-24(30)10-11-24)23-25-16-18-6-1-3-8-20(18)28-23/h1-4,6-9,12-13,16H,5,10-11,14-15,17H2. The molecule has 1 saturated heterocycles. The van der Waals surface area contributed by atoms with Gasteiger partial charge in [-0.2, -0.15) is 15.0 Å². The van der Waals surface area contributed by atoms with Crippen molar-refractivity contribution < 1.29 is 4.79 Å². The molecule has 0 bridgehead atoms. The number of nitrogens with zero attached hydrogens (tertiary/aromatic N) is 7. The van der Waals surface area contributed by atoms with Crippen LogP contribution in [0.15, 0.2) is 67.1 Å². The van der Waals surface area contributed by atoms with E-state index in [9.17, 15) is 4.79 Å². The van der Waals surface area contributed by atoms with E-state index in [-0.39, 0.29) is 11.4 Å². The topological polar surface area (TPSA) is 80.0 Å². The van der Waals surface area contributed by atoms with Crippen molar-refractivity contribution in [2.45, 2.75) is 24.8 Å². The second-order valence-corrected chi connectivity index (χ2v) is 8.52. The van der Waals surface area contributed by atoms with Crippen molar-refractivity contribution in [2.75, 3.05) is 24.5 Å². The SMILES string of the molecule is O=C(c1ccccc1-n1nccn1)N1CCCN(c2ncc3ccccc3n2)CC12CC2. The monoisotopic (exact) mass is 425 g/mol. The van der Waals surface area contributed by atoms with Crippen LogP contribution in [0.1, 0.15) is 29.6 Å². The molecular formula is C24H23N7O. The van der Waals surface area contributed by atoms with Crippen LogP contribution < -0.4 is 4.90 Å². The number of rotatable bonds is 3. The van der Waals surface area contributed by atoms with E-state index in [0.717, 1.165) is 49.2 Å². The molecule has 2 aliphatic rings. The Kier molecular flexibility index (Phi) is 4.38. The average Bonchev–Trinajstić information content (AvgIpc) is 3.46. The molecule has 0 radical (unpaired) electrons. The number of anilines is 1. The molecular weight excluding hydrogens is 402 g/mol. The van der Waals surface area contributed by atoms with Gasteiger partial charge in [0, 0.05) is 31.2 Å². The second-order valence-electron chi connectivity index (χ2n) is 8.52. The Morgan fingerprint density at radius 1 is 0.938 bits per heavy atom. The van der Waals surface area contributed by atoms with Crippen molar-refractivity contribution in [3.05, 3.63) is 72.7 Å². The molecule has 1 amide bonds. The van der Waals surface area contributed by atoms with E-state index in [1.54, 1.807) is 12.4 Å². The Morgan fingerprint density at radius 2 is 1.72 bits per heavy atom. The summed E-state index contributed by atoms with van der Waals surface area (Å²) >= 11 is 0. The summed E-state index contributed by atoms with van der Waals surface area (Å²) in [6.07, 6.45) is 7.98. The van der Waals surface area contributed by atoms with E-state index in [2.05, 4.69) is 25.0 Å². The van der Waals surface area contributed by atoms with Gasteiger partial charge in [-0.05, 0) is 37.5 Å². The van der Waals surface area contributed by atoms with Gasteiger partial charge in [-0.15, -0.1) is 0 Å². The van der Waals surface area contributed by atoms with Crippen LogP contribution in [0.4, 0.5) is 5.95 Å². The molecule has 0 N–H and O–H groups in total. The first-order valence-electron chi connectivity index (χ1n) is 11.0. The molecule has 1 aliphatic carbocycles. The average molecular weight is 425 g/mol. The summed E-state index contributed by atoms with van der Waals surface area (Å²) < 4.78 is 0.